The highest BCUT2D eigenvalue weighted by Gasteiger charge is 2.15. The number of hydrogen-bond donors (Lipinski definition) is 2. The molecule has 0 aliphatic carbocycles. The molecule has 2 heterocycles. The Morgan fingerprint density at radius 2 is 2.07 bits per heavy atom. The first kappa shape index (κ1) is 19.1. The summed E-state index contributed by atoms with van der Waals surface area (Å²) < 4.78 is 1.86. The fourth-order valence-electron chi connectivity index (χ4n) is 2.52. The van der Waals surface area contributed by atoms with E-state index in [1.165, 1.54) is 6.20 Å². The summed E-state index contributed by atoms with van der Waals surface area (Å²) in [7, 11) is 0. The van der Waals surface area contributed by atoms with Gasteiger partial charge in [-0.2, -0.15) is 0 Å². The molecule has 2 aromatic heterocycles. The van der Waals surface area contributed by atoms with Crippen molar-refractivity contribution in [2.45, 2.75) is 19.4 Å². The minimum Gasteiger partial charge on any atom is -0.350 e. The summed E-state index contributed by atoms with van der Waals surface area (Å²) in [6, 6.07) is 5.17. The van der Waals surface area contributed by atoms with Crippen molar-refractivity contribution in [3.63, 3.8) is 0 Å². The summed E-state index contributed by atoms with van der Waals surface area (Å²) in [4.78, 5) is 35.3. The predicted molar refractivity (Wildman–Crippen MR) is 103 cm³/mol. The summed E-state index contributed by atoms with van der Waals surface area (Å²) in [5, 5.41) is 3.70. The van der Waals surface area contributed by atoms with Crippen LogP contribution in [0, 0.1) is 0 Å². The highest BCUT2D eigenvalue weighted by molar-refractivity contribution is 6.36. The first-order valence-corrected chi connectivity index (χ1v) is 8.98. The van der Waals surface area contributed by atoms with E-state index >= 15 is 0 Å². The molecule has 1 atom stereocenters. The number of nitrogens with one attached hydrogen (secondary N) is 2. The number of rotatable bonds is 6. The minimum atomic E-state index is -0.518. The van der Waals surface area contributed by atoms with Crippen LogP contribution in [-0.2, 0) is 6.42 Å². The molecule has 1 aromatic carbocycles. The molecule has 0 saturated heterocycles. The fraction of sp³-hybridized carbons (Fsp3) is 0.222. The molecule has 0 saturated carbocycles. The number of carbonyl (C=O) groups is 1. The Balaban J connectivity index is 1.69. The van der Waals surface area contributed by atoms with Crippen LogP contribution in [0.4, 0.5) is 0 Å². The van der Waals surface area contributed by atoms with Crippen molar-refractivity contribution in [3.05, 3.63) is 80.5 Å². The Morgan fingerprint density at radius 1 is 1.33 bits per heavy atom. The van der Waals surface area contributed by atoms with E-state index < -0.39 is 11.5 Å². The second kappa shape index (κ2) is 8.37. The third-order valence-electron chi connectivity index (χ3n) is 4.09. The summed E-state index contributed by atoms with van der Waals surface area (Å²) in [6.07, 6.45) is 6.65. The number of nitrogens with zero attached hydrogens (tertiary/aromatic N) is 3. The number of aromatic nitrogens is 4. The maximum absolute atomic E-state index is 12.3. The second-order valence-corrected chi connectivity index (χ2v) is 6.83. The highest BCUT2D eigenvalue weighted by atomic mass is 35.5. The summed E-state index contributed by atoms with van der Waals surface area (Å²) in [5.74, 6) is -0.114. The monoisotopic (exact) mass is 405 g/mol. The molecule has 27 heavy (non-hydrogen) atoms. The van der Waals surface area contributed by atoms with Gasteiger partial charge in [0.25, 0.3) is 11.5 Å². The molecule has 7 nitrogen and oxygen atoms in total. The summed E-state index contributed by atoms with van der Waals surface area (Å²) >= 11 is 12.3. The molecule has 0 bridgehead atoms. The van der Waals surface area contributed by atoms with Gasteiger partial charge in [0.1, 0.15) is 11.4 Å². The smallest absolute Gasteiger partial charge is 0.263 e. The lowest BCUT2D eigenvalue weighted by atomic mass is 10.1. The quantitative estimate of drug-likeness (QED) is 0.659. The third-order valence-corrected chi connectivity index (χ3v) is 4.80. The van der Waals surface area contributed by atoms with Crippen molar-refractivity contribution < 1.29 is 4.79 Å². The standard InChI is InChI=1S/C18H17Cl2N5O2/c1-11(25-6-5-21-10-25)8-23-17(26)13-9-22-16(24-18(13)27)7-12-14(19)3-2-4-15(12)20/h2-6,9-11H,7-8H2,1H3,(H,23,26)(H,22,24,27)/t11-/m0/s1. The number of benzene rings is 1. The lowest BCUT2D eigenvalue weighted by Gasteiger charge is -2.13. The van der Waals surface area contributed by atoms with Gasteiger partial charge in [-0.1, -0.05) is 29.3 Å². The maximum Gasteiger partial charge on any atom is 0.263 e. The molecule has 9 heteroatoms. The van der Waals surface area contributed by atoms with Crippen molar-refractivity contribution in [2.24, 2.45) is 0 Å². The van der Waals surface area contributed by atoms with Gasteiger partial charge < -0.3 is 14.9 Å². The molecule has 0 fully saturated rings. The van der Waals surface area contributed by atoms with Crippen molar-refractivity contribution in [1.82, 2.24) is 24.8 Å². The van der Waals surface area contributed by atoms with Crippen molar-refractivity contribution >= 4 is 29.1 Å². The van der Waals surface area contributed by atoms with E-state index in [9.17, 15) is 9.59 Å². The zero-order valence-corrected chi connectivity index (χ0v) is 16.0. The largest absolute Gasteiger partial charge is 0.350 e. The first-order chi connectivity index (χ1) is 13.0. The van der Waals surface area contributed by atoms with Crippen LogP contribution >= 0.6 is 23.2 Å². The SMILES string of the molecule is C[C@@H](CNC(=O)c1cnc(Cc2c(Cl)cccc2Cl)[nH]c1=O)n1ccnc1. The van der Waals surface area contributed by atoms with Gasteiger partial charge in [0.2, 0.25) is 0 Å². The van der Waals surface area contributed by atoms with Crippen LogP contribution in [0.5, 0.6) is 0 Å². The van der Waals surface area contributed by atoms with Crippen LogP contribution in [0.3, 0.4) is 0 Å². The van der Waals surface area contributed by atoms with Crippen molar-refractivity contribution in [3.8, 4) is 0 Å². The Hall–Kier alpha value is -2.64. The van der Waals surface area contributed by atoms with Gasteiger partial charge >= 0.3 is 0 Å². The fourth-order valence-corrected chi connectivity index (χ4v) is 3.05. The third kappa shape index (κ3) is 4.56. The van der Waals surface area contributed by atoms with Gasteiger partial charge in [0.05, 0.1) is 6.33 Å². The molecule has 0 spiro atoms. The van der Waals surface area contributed by atoms with E-state index in [4.69, 9.17) is 23.2 Å². The van der Waals surface area contributed by atoms with E-state index in [1.807, 2.05) is 11.5 Å². The second-order valence-electron chi connectivity index (χ2n) is 6.02. The van der Waals surface area contributed by atoms with Crippen LogP contribution in [0.15, 0.2) is 47.9 Å². The minimum absolute atomic E-state index is 0.00475. The average molecular weight is 406 g/mol. The van der Waals surface area contributed by atoms with E-state index in [0.717, 1.165) is 0 Å². The number of H-pyrrole nitrogens is 1. The number of amides is 1. The molecular weight excluding hydrogens is 389 g/mol. The molecule has 3 aromatic rings. The molecule has 0 radical (unpaired) electrons. The zero-order chi connectivity index (χ0) is 19.4. The van der Waals surface area contributed by atoms with Crippen LogP contribution in [0.25, 0.3) is 0 Å². The molecule has 0 unspecified atom stereocenters. The van der Waals surface area contributed by atoms with Gasteiger partial charge in [-0.15, -0.1) is 0 Å². The number of imidazole rings is 1. The average Bonchev–Trinajstić information content (AvgIpc) is 3.17. The zero-order valence-electron chi connectivity index (χ0n) is 14.4. The summed E-state index contributed by atoms with van der Waals surface area (Å²) in [5.41, 5.74) is 0.0909. The lowest BCUT2D eigenvalue weighted by molar-refractivity contribution is 0.0946. The van der Waals surface area contributed by atoms with Gasteiger partial charge in [-0.05, 0) is 24.6 Å². The van der Waals surface area contributed by atoms with Crippen LogP contribution in [0.1, 0.15) is 34.7 Å². The number of halogens is 2. The molecule has 1 amide bonds. The van der Waals surface area contributed by atoms with Crippen molar-refractivity contribution in [2.75, 3.05) is 6.54 Å². The lowest BCUT2D eigenvalue weighted by Crippen LogP contribution is -2.33. The number of carbonyl (C=O) groups excluding carboxylic acids is 1. The Morgan fingerprint density at radius 3 is 2.70 bits per heavy atom. The number of hydrogen-bond acceptors (Lipinski definition) is 4. The Bertz CT molecular complexity index is 981. The Kier molecular flexibility index (Phi) is 5.93. The van der Waals surface area contributed by atoms with E-state index in [2.05, 4.69) is 20.3 Å². The summed E-state index contributed by atoms with van der Waals surface area (Å²) in [6.45, 7) is 2.28. The number of aromatic amines is 1. The van der Waals surface area contributed by atoms with Gasteiger partial charge in [-0.3, -0.25) is 9.59 Å². The molecule has 2 N–H and O–H groups in total. The van der Waals surface area contributed by atoms with Crippen LogP contribution in [-0.4, -0.2) is 32.0 Å². The van der Waals surface area contributed by atoms with Gasteiger partial charge in [0, 0.05) is 47.6 Å². The van der Waals surface area contributed by atoms with Crippen LogP contribution < -0.4 is 10.9 Å². The highest BCUT2D eigenvalue weighted by Crippen LogP contribution is 2.25. The van der Waals surface area contributed by atoms with Crippen molar-refractivity contribution in [1.29, 1.82) is 0 Å². The molecular formula is C18H17Cl2N5O2. The van der Waals surface area contributed by atoms with Gasteiger partial charge in [0.15, 0.2) is 0 Å². The maximum atomic E-state index is 12.3. The molecule has 3 rings (SSSR count). The predicted octanol–water partition coefficient (Wildman–Crippen LogP) is 2.86. The molecule has 0 aliphatic heterocycles. The van der Waals surface area contributed by atoms with Gasteiger partial charge in [-0.25, -0.2) is 9.97 Å². The van der Waals surface area contributed by atoms with E-state index in [0.29, 0.717) is 28.0 Å². The normalized spacial score (nSPS) is 12.0. The molecule has 0 aliphatic rings. The topological polar surface area (TPSA) is 92.7 Å². The van der Waals surface area contributed by atoms with E-state index in [-0.39, 0.29) is 18.0 Å². The first-order valence-electron chi connectivity index (χ1n) is 8.22. The molecule has 140 valence electrons. The van der Waals surface area contributed by atoms with Crippen LogP contribution in [0.2, 0.25) is 10.0 Å². The van der Waals surface area contributed by atoms with E-state index in [1.54, 1.807) is 36.9 Å². The Labute approximate surface area is 165 Å².